The van der Waals surface area contributed by atoms with Crippen molar-refractivity contribution in [3.05, 3.63) is 34.9 Å². The molecule has 0 aromatic carbocycles. The van der Waals surface area contributed by atoms with Crippen LogP contribution in [0.25, 0.3) is 19.5 Å². The fourth-order valence-electron chi connectivity index (χ4n) is 9.08. The van der Waals surface area contributed by atoms with Crippen LogP contribution in [0, 0.1) is 0 Å². The van der Waals surface area contributed by atoms with E-state index in [4.69, 9.17) is 0 Å². The van der Waals surface area contributed by atoms with Crippen LogP contribution in [-0.4, -0.2) is 36.8 Å². The molecule has 0 amide bonds. The second-order valence-corrected chi connectivity index (χ2v) is 54.5. The van der Waals surface area contributed by atoms with Crippen molar-refractivity contribution < 1.29 is 0 Å². The molecule has 0 atom stereocenters. The zero-order valence-electron chi connectivity index (χ0n) is 40.8. The van der Waals surface area contributed by atoms with Gasteiger partial charge in [-0.3, -0.25) is 0 Å². The van der Waals surface area contributed by atoms with E-state index >= 15 is 0 Å². The summed E-state index contributed by atoms with van der Waals surface area (Å²) in [5.74, 6) is 0. The molecule has 3 aromatic rings. The summed E-state index contributed by atoms with van der Waals surface area (Å²) in [5, 5.41) is 0. The van der Waals surface area contributed by atoms with Crippen molar-refractivity contribution >= 4 is 76.6 Å². The summed E-state index contributed by atoms with van der Waals surface area (Å²) in [6.45, 7) is 6.98. The van der Waals surface area contributed by atoms with Gasteiger partial charge in [-0.15, -0.1) is 0 Å². The summed E-state index contributed by atoms with van der Waals surface area (Å²) in [6.07, 6.45) is 46.4. The zero-order chi connectivity index (χ0) is 42.8. The second kappa shape index (κ2) is 31.6. The van der Waals surface area contributed by atoms with E-state index in [1.54, 1.807) is 36.2 Å². The van der Waals surface area contributed by atoms with Gasteiger partial charge in [0.1, 0.15) is 0 Å². The molecule has 0 bridgehead atoms. The topological polar surface area (TPSA) is 0 Å². The molecule has 0 aliphatic carbocycles. The van der Waals surface area contributed by atoms with E-state index in [9.17, 15) is 0 Å². The van der Waals surface area contributed by atoms with Gasteiger partial charge in [-0.25, -0.2) is 0 Å². The summed E-state index contributed by atoms with van der Waals surface area (Å²) in [7, 11) is 0. The van der Waals surface area contributed by atoms with Crippen molar-refractivity contribution in [2.45, 2.75) is 262 Å². The van der Waals surface area contributed by atoms with Crippen LogP contribution in [0.1, 0.15) is 230 Å². The number of hydrogen-bond acceptors (Lipinski definition) is 3. The number of rotatable bonds is 37. The molecule has 0 radical (unpaired) electrons. The molecular weight excluding hydrogens is 982 g/mol. The molecule has 3 aromatic heterocycles. The number of unbranched alkanes of at least 4 members (excludes halogenated alkanes) is 27. The van der Waals surface area contributed by atoms with Crippen LogP contribution >= 0.6 is 34.0 Å². The summed E-state index contributed by atoms with van der Waals surface area (Å²) < 4.78 is 3.69. The van der Waals surface area contributed by atoms with E-state index < -0.39 is 36.8 Å². The van der Waals surface area contributed by atoms with Crippen LogP contribution < -0.4 is 5.79 Å². The van der Waals surface area contributed by atoms with Crippen LogP contribution in [0.5, 0.6) is 0 Å². The van der Waals surface area contributed by atoms with Gasteiger partial charge in [0.2, 0.25) is 0 Å². The van der Waals surface area contributed by atoms with Gasteiger partial charge in [-0.2, -0.15) is 0 Å². The Morgan fingerprint density at radius 2 is 0.559 bits per heavy atom. The fourth-order valence-corrected chi connectivity index (χ4v) is 26.8. The average molecular weight is 1080 g/mol. The normalized spacial score (nSPS) is 12.4. The quantitative estimate of drug-likeness (QED) is 0.0399. The molecule has 338 valence electrons. The molecule has 3 rings (SSSR count). The summed E-state index contributed by atoms with van der Waals surface area (Å²) >= 11 is 2.08. The van der Waals surface area contributed by atoms with Gasteiger partial charge in [0.05, 0.1) is 0 Å². The maximum absolute atomic E-state index is 2.72. The predicted octanol–water partition coefficient (Wildman–Crippen LogP) is 19.7. The molecular formula is C54H96S3Sn2. The first kappa shape index (κ1) is 54.0. The number of aryl methyl sites for hydroxylation is 3. The van der Waals surface area contributed by atoms with Gasteiger partial charge in [-0.05, 0) is 0 Å². The second-order valence-electron chi connectivity index (χ2n) is 20.7. The monoisotopic (exact) mass is 1080 g/mol. The molecule has 0 aliphatic heterocycles. The van der Waals surface area contributed by atoms with E-state index in [1.165, 1.54) is 212 Å². The molecule has 0 nitrogen and oxygen atoms in total. The number of hydrogen-bond donors (Lipinski definition) is 0. The Bertz CT molecular complexity index is 1480. The third-order valence-electron chi connectivity index (χ3n) is 12.7. The van der Waals surface area contributed by atoms with Crippen LogP contribution in [0.2, 0.25) is 29.6 Å². The van der Waals surface area contributed by atoms with Crippen LogP contribution in [-0.2, 0) is 19.3 Å². The van der Waals surface area contributed by atoms with E-state index in [2.05, 4.69) is 103 Å². The van der Waals surface area contributed by atoms with E-state index in [-0.39, 0.29) is 0 Å². The third kappa shape index (κ3) is 22.0. The van der Waals surface area contributed by atoms with Gasteiger partial charge in [0, 0.05) is 0 Å². The minimum atomic E-state index is -2.28. The fraction of sp³-hybridized carbons (Fsp3) is 0.778. The summed E-state index contributed by atoms with van der Waals surface area (Å²) in [5.41, 5.74) is 5.14. The molecule has 0 saturated carbocycles. The molecule has 0 unspecified atom stereocenters. The maximum atomic E-state index is 2.72. The van der Waals surface area contributed by atoms with Crippen molar-refractivity contribution in [2.24, 2.45) is 0 Å². The van der Waals surface area contributed by atoms with Gasteiger partial charge in [0.15, 0.2) is 0 Å². The Morgan fingerprint density at radius 1 is 0.305 bits per heavy atom. The Kier molecular flexibility index (Phi) is 28.9. The van der Waals surface area contributed by atoms with Crippen LogP contribution in [0.15, 0.2) is 18.2 Å². The van der Waals surface area contributed by atoms with Crippen molar-refractivity contribution in [1.82, 2.24) is 0 Å². The van der Waals surface area contributed by atoms with Gasteiger partial charge < -0.3 is 0 Å². The Hall–Kier alpha value is 0.697. The SMILES string of the molecule is CCCCCCCCCCCCc1cc(-c2cc(CCCCCCCCCCCC)[c]([Sn]([CH3])([CH3])[CH3])s2)sc1-c1cc(CCCCCCCCCCCC)[c]([Sn]([CH3])([CH3])[CH3])s1. The van der Waals surface area contributed by atoms with Gasteiger partial charge in [-0.1, -0.05) is 59.3 Å². The predicted molar refractivity (Wildman–Crippen MR) is 284 cm³/mol. The summed E-state index contributed by atoms with van der Waals surface area (Å²) in [6, 6.07) is 8.10. The molecule has 0 saturated heterocycles. The van der Waals surface area contributed by atoms with Crippen LogP contribution in [0.4, 0.5) is 0 Å². The number of thiophene rings is 3. The van der Waals surface area contributed by atoms with Crippen LogP contribution in [0.3, 0.4) is 0 Å². The first-order valence-electron chi connectivity index (χ1n) is 25.9. The van der Waals surface area contributed by atoms with Gasteiger partial charge in [0.25, 0.3) is 0 Å². The average Bonchev–Trinajstić information content (AvgIpc) is 3.94. The van der Waals surface area contributed by atoms with E-state index in [1.807, 2.05) is 5.79 Å². The van der Waals surface area contributed by atoms with E-state index in [0.717, 1.165) is 0 Å². The van der Waals surface area contributed by atoms with Crippen molar-refractivity contribution in [3.8, 4) is 19.5 Å². The third-order valence-corrected chi connectivity index (χ3v) is 35.8. The van der Waals surface area contributed by atoms with Crippen molar-refractivity contribution in [2.75, 3.05) is 0 Å². The molecule has 0 fully saturated rings. The van der Waals surface area contributed by atoms with Crippen molar-refractivity contribution in [3.63, 3.8) is 0 Å². The molecule has 5 heteroatoms. The Balaban J connectivity index is 1.75. The molecule has 0 aliphatic rings. The van der Waals surface area contributed by atoms with Crippen molar-refractivity contribution in [1.29, 1.82) is 0 Å². The molecule has 0 N–H and O–H groups in total. The first-order valence-corrected chi connectivity index (χ1v) is 48.3. The molecule has 0 spiro atoms. The first-order chi connectivity index (χ1) is 28.5. The molecule has 3 heterocycles. The minimum absolute atomic E-state index is 1.25. The Morgan fingerprint density at radius 3 is 0.898 bits per heavy atom. The van der Waals surface area contributed by atoms with E-state index in [0.29, 0.717) is 0 Å². The molecule has 59 heavy (non-hydrogen) atoms. The zero-order valence-corrected chi connectivity index (χ0v) is 48.9. The standard InChI is InChI=1S/C48H78S3.6CH3.2Sn/c1-4-7-10-13-16-19-22-25-28-31-34-42-37-45(49-40-42)46-39-44(36-33-30-27-24-21-18-15-12-9-6-3)48(51-46)47-38-43(41-50-47)35-32-29-26-23-20-17-14-11-8-5-2;;;;;;;;/h37-39H,4-36H2,1-3H3;6*1H3;;. The summed E-state index contributed by atoms with van der Waals surface area (Å²) in [4.78, 5) is 22.4. The Labute approximate surface area is 389 Å². The van der Waals surface area contributed by atoms with Gasteiger partial charge >= 0.3 is 334 Å².